The van der Waals surface area contributed by atoms with Gasteiger partial charge in [0.2, 0.25) is 0 Å². The van der Waals surface area contributed by atoms with Crippen molar-refractivity contribution >= 4 is 77.8 Å². The Kier molecular flexibility index (Phi) is 28.7. The summed E-state index contributed by atoms with van der Waals surface area (Å²) in [5, 5.41) is 0. The van der Waals surface area contributed by atoms with Crippen LogP contribution in [0.25, 0.3) is 0 Å². The molecule has 45 heteroatoms. The summed E-state index contributed by atoms with van der Waals surface area (Å²) in [4.78, 5) is 8.04. The van der Waals surface area contributed by atoms with E-state index in [2.05, 4.69) is 164 Å². The van der Waals surface area contributed by atoms with E-state index in [1.165, 1.54) is 29.4 Å². The Morgan fingerprint density at radius 1 is 0.138 bits per heavy atom. The van der Waals surface area contributed by atoms with Crippen LogP contribution in [-0.2, 0) is 21.8 Å². The molecule has 0 N–H and O–H groups in total. The topological polar surface area (TPSA) is 9.23 Å². The lowest BCUT2D eigenvalue weighted by Gasteiger charge is -2.44. The van der Waals surface area contributed by atoms with E-state index in [0.29, 0.717) is 0 Å². The van der Waals surface area contributed by atoms with E-state index in [9.17, 15) is 105 Å². The maximum absolute atomic E-state index is 15.4. The molecule has 676 valence electrons. The highest BCUT2D eigenvalue weighted by atomic mass is 32.2. The van der Waals surface area contributed by atoms with Crippen molar-refractivity contribution in [3.63, 3.8) is 0 Å². The monoisotopic (exact) mass is 1910 g/mol. The van der Waals surface area contributed by atoms with Gasteiger partial charge in [-0.25, -0.2) is 176 Å². The molecule has 0 aliphatic heterocycles. The molecule has 0 aliphatic rings. The van der Waals surface area contributed by atoms with Crippen molar-refractivity contribution < 1.29 is 180 Å². The minimum absolute atomic E-state index is 0.0146. The Labute approximate surface area is 706 Å². The average molecular weight is 1910 g/mol. The summed E-state index contributed by atoms with van der Waals surface area (Å²) in [6.45, 7) is 0. The molecule has 1 nitrogen and oxygen atoms in total. The second-order valence-electron chi connectivity index (χ2n) is 26.5. The fourth-order valence-electron chi connectivity index (χ4n) is 14.1. The lowest BCUT2D eigenvalue weighted by Crippen LogP contribution is -2.81. The number of ether oxygens (including phenoxy) is 1. The van der Waals surface area contributed by atoms with E-state index in [4.69, 9.17) is 4.74 Å². The van der Waals surface area contributed by atoms with Gasteiger partial charge in [0.15, 0.2) is 169 Å². The van der Waals surface area contributed by atoms with Gasteiger partial charge in [-0.05, 0) is 84.9 Å². The second-order valence-corrected chi connectivity index (χ2v) is 30.5. The summed E-state index contributed by atoms with van der Waals surface area (Å²) in [6.07, 6.45) is -14.4. The third-order valence-electron chi connectivity index (χ3n) is 19.6. The molecule has 0 radical (unpaired) electrons. The van der Waals surface area contributed by atoms with Crippen LogP contribution < -0.4 is 48.4 Å². The van der Waals surface area contributed by atoms with Crippen LogP contribution in [0, 0.1) is 233 Å². The molecule has 0 spiro atoms. The first-order valence-corrected chi connectivity index (χ1v) is 37.5. The summed E-state index contributed by atoms with van der Waals surface area (Å²) in [5.41, 5.74) is -28.7. The first-order chi connectivity index (χ1) is 61.2. The third kappa shape index (κ3) is 16.2. The molecule has 0 saturated carbocycles. The zero-order valence-corrected chi connectivity index (χ0v) is 64.4. The van der Waals surface area contributed by atoms with Crippen molar-refractivity contribution in [2.45, 2.75) is 29.4 Å². The number of halogens is 40. The Hall–Kier alpha value is -13.1. The Bertz CT molecular complexity index is 5580. The van der Waals surface area contributed by atoms with Crippen LogP contribution in [0.3, 0.4) is 0 Å². The quantitative estimate of drug-likeness (QED) is 0.0327. The van der Waals surface area contributed by atoms with Gasteiger partial charge in [0.1, 0.15) is 111 Å². The third-order valence-corrected chi connectivity index (χ3v) is 24.1. The highest BCUT2D eigenvalue weighted by Gasteiger charge is 2.55. The molecule has 0 unspecified atom stereocenters. The molecule has 14 aromatic rings. The molecular weight excluding hydrogens is 1880 g/mol. The van der Waals surface area contributed by atoms with Crippen LogP contribution in [0.5, 0.6) is 5.75 Å². The van der Waals surface area contributed by atoms with Gasteiger partial charge >= 0.3 is 0 Å². The van der Waals surface area contributed by atoms with E-state index in [1.807, 2.05) is 12.1 Å². The van der Waals surface area contributed by atoms with E-state index in [0.717, 1.165) is 5.75 Å². The Morgan fingerprint density at radius 2 is 0.238 bits per heavy atom. The predicted molar refractivity (Wildman–Crippen MR) is 388 cm³/mol. The second kappa shape index (κ2) is 38.3. The minimum atomic E-state index is -7.22. The summed E-state index contributed by atoms with van der Waals surface area (Å²) in [6, 6.07) is 61.8. The number of benzene rings is 14. The molecule has 0 aliphatic carbocycles. The van der Waals surface area contributed by atoms with Crippen molar-refractivity contribution in [3.8, 4) is 5.75 Å². The standard InChI is InChI=1S/2C24BF20.C19H17OS.C18H15S/c2*26-5-1(6(27)14(35)21(42)13(5)34)25(2-7(28)15(36)22(43)16(37)8(2)29,3-9(30)17(38)23(44)18(39)10(3)31)4-11(32)19(40)24(45)20(41)12(4)33;1-20-16-12-14-19(15-13-16)21(17-8-4-2-5-9-17)18-10-6-3-7-11-18;1-4-10-16(11-5-1)19(17-12-6-2-7-13-17)18-14-8-3-9-15-18/h;;2-15H,1H3;1-15H/q2*-1;2*+1. The fourth-order valence-corrected chi connectivity index (χ4v) is 18.2. The van der Waals surface area contributed by atoms with Crippen LogP contribution in [0.4, 0.5) is 176 Å². The molecule has 0 fully saturated rings. The number of hydrogen-bond donors (Lipinski definition) is 0. The van der Waals surface area contributed by atoms with Crippen LogP contribution in [0.15, 0.2) is 205 Å². The molecule has 130 heavy (non-hydrogen) atoms. The van der Waals surface area contributed by atoms with Crippen LogP contribution in [-0.4, -0.2) is 19.4 Å². The van der Waals surface area contributed by atoms with Crippen molar-refractivity contribution in [2.75, 3.05) is 7.11 Å². The fraction of sp³-hybridized carbons (Fsp3) is 0.0118. The van der Waals surface area contributed by atoms with Crippen molar-refractivity contribution in [3.05, 3.63) is 409 Å². The van der Waals surface area contributed by atoms with Gasteiger partial charge in [-0.15, -0.1) is 43.7 Å². The summed E-state index contributed by atoms with van der Waals surface area (Å²) < 4.78 is 593. The van der Waals surface area contributed by atoms with Gasteiger partial charge in [-0.1, -0.05) is 91.0 Å². The van der Waals surface area contributed by atoms with Gasteiger partial charge in [-0.3, -0.25) is 0 Å². The summed E-state index contributed by atoms with van der Waals surface area (Å²) in [7, 11) is 1.60. The van der Waals surface area contributed by atoms with Crippen LogP contribution in [0.2, 0.25) is 0 Å². The number of methoxy groups -OCH3 is 1. The summed E-state index contributed by atoms with van der Waals surface area (Å²) in [5.74, 6) is -142. The van der Waals surface area contributed by atoms with Gasteiger partial charge in [0.25, 0.3) is 0 Å². The first-order valence-electron chi connectivity index (χ1n) is 35.1. The van der Waals surface area contributed by atoms with Crippen molar-refractivity contribution in [1.82, 2.24) is 0 Å². The largest absolute Gasteiger partial charge is 0.497 e. The average Bonchev–Trinajstić information content (AvgIpc) is 0.683. The molecule has 0 aromatic heterocycles. The smallest absolute Gasteiger partial charge is 0.200 e. The minimum Gasteiger partial charge on any atom is -0.497 e. The molecule has 0 atom stereocenters. The van der Waals surface area contributed by atoms with Gasteiger partial charge in [0, 0.05) is 0 Å². The normalized spacial score (nSPS) is 11.6. The highest BCUT2D eigenvalue weighted by Crippen LogP contribution is 2.38. The zero-order chi connectivity index (χ0) is 96.1. The van der Waals surface area contributed by atoms with Gasteiger partial charge in [0.05, 0.1) is 28.9 Å². The Balaban J connectivity index is 0.000000178. The molecular formula is C85H32B2F40OS2. The molecule has 14 aromatic carbocycles. The molecule has 0 heterocycles. The van der Waals surface area contributed by atoms with E-state index in [1.54, 1.807) is 7.11 Å². The van der Waals surface area contributed by atoms with E-state index < -0.39 is 289 Å². The summed E-state index contributed by atoms with van der Waals surface area (Å²) >= 11 is 0. The first kappa shape index (κ1) is 97.5. The molecule has 14 rings (SSSR count). The predicted octanol–water partition coefficient (Wildman–Crippen LogP) is 21.3. The zero-order valence-electron chi connectivity index (χ0n) is 62.7. The van der Waals surface area contributed by atoms with E-state index in [-0.39, 0.29) is 21.8 Å². The van der Waals surface area contributed by atoms with Gasteiger partial charge < -0.3 is 4.74 Å². The maximum Gasteiger partial charge on any atom is 0.200 e. The molecule has 0 amide bonds. The number of rotatable bonds is 15. The highest BCUT2D eigenvalue weighted by molar-refractivity contribution is 7.97. The van der Waals surface area contributed by atoms with Crippen molar-refractivity contribution in [2.24, 2.45) is 0 Å². The van der Waals surface area contributed by atoms with Crippen LogP contribution >= 0.6 is 0 Å². The number of hydrogen-bond acceptors (Lipinski definition) is 1. The SMILES string of the molecule is COc1ccc([S+](c2ccccc2)c2ccccc2)cc1.Fc1c(F)c(F)c([B-](c2c(F)c(F)c(F)c(F)c2F)(c2c(F)c(F)c(F)c(F)c2F)c2c(F)c(F)c(F)c(F)c2F)c(F)c1F.Fc1c(F)c(F)c([B-](c2c(F)c(F)c(F)c(F)c2F)(c2c(F)c(F)c(F)c(F)c2F)c2c(F)c(F)c(F)c(F)c2F)c(F)c1F.c1ccc([S+](c2ccccc2)c2ccccc2)cc1. The maximum atomic E-state index is 15.4. The van der Waals surface area contributed by atoms with E-state index >= 15 is 70.2 Å². The Morgan fingerprint density at radius 3 is 0.346 bits per heavy atom. The lowest BCUT2D eigenvalue weighted by molar-refractivity contribution is 0.377. The molecule has 0 saturated heterocycles. The van der Waals surface area contributed by atoms with Gasteiger partial charge in [-0.2, -0.15) is 0 Å². The molecule has 0 bridgehead atoms. The van der Waals surface area contributed by atoms with Crippen molar-refractivity contribution in [1.29, 1.82) is 0 Å². The van der Waals surface area contributed by atoms with Crippen LogP contribution in [0.1, 0.15) is 0 Å². The lowest BCUT2D eigenvalue weighted by atomic mass is 9.12.